The van der Waals surface area contributed by atoms with Crippen molar-refractivity contribution < 1.29 is 0 Å². The molecule has 0 radical (unpaired) electrons. The van der Waals surface area contributed by atoms with Crippen LogP contribution < -0.4 is 0 Å². The topological polar surface area (TPSA) is 23.8 Å². The maximum Gasteiger partial charge on any atom is 0.0959 e. The maximum absolute atomic E-state index is 8.79. The van der Waals surface area contributed by atoms with Crippen molar-refractivity contribution in [3.63, 3.8) is 0 Å². The Bertz CT molecular complexity index is 605. The second-order valence-corrected chi connectivity index (χ2v) is 3.99. The average Bonchev–Trinajstić information content (AvgIpc) is 2.36. The van der Waals surface area contributed by atoms with E-state index in [4.69, 9.17) is 16.9 Å². The highest BCUT2D eigenvalue weighted by atomic mass is 35.5. The third kappa shape index (κ3) is 1.93. The molecule has 0 heterocycles. The fourth-order valence-corrected chi connectivity index (χ4v) is 1.75. The number of hydrogen-bond donors (Lipinski definition) is 0. The fraction of sp³-hybridized carbons (Fsp3) is 0.0714. The zero-order valence-corrected chi connectivity index (χ0v) is 9.62. The molecule has 0 aliphatic rings. The van der Waals surface area contributed by atoms with Crippen molar-refractivity contribution in [2.45, 2.75) is 6.92 Å². The predicted octanol–water partition coefficient (Wildman–Crippen LogP) is 4.33. The Labute approximate surface area is 99.6 Å². The van der Waals surface area contributed by atoms with Gasteiger partial charge in [0, 0.05) is 5.57 Å². The van der Waals surface area contributed by atoms with Gasteiger partial charge in [0.15, 0.2) is 0 Å². The first-order chi connectivity index (χ1) is 7.72. The van der Waals surface area contributed by atoms with Gasteiger partial charge >= 0.3 is 0 Å². The highest BCUT2D eigenvalue weighted by Crippen LogP contribution is 2.26. The van der Waals surface area contributed by atoms with E-state index in [2.05, 4.69) is 6.07 Å². The standard InChI is InChI=1S/C14H10ClN/c1-10(9-16)14(15)13-7-6-11-4-2-3-5-12(11)8-13/h2-8H,1H3. The van der Waals surface area contributed by atoms with Crippen LogP contribution in [0, 0.1) is 11.3 Å². The summed E-state index contributed by atoms with van der Waals surface area (Å²) in [6.07, 6.45) is 0. The molecule has 0 fully saturated rings. The van der Waals surface area contributed by atoms with Gasteiger partial charge in [-0.05, 0) is 29.3 Å². The molecule has 1 nitrogen and oxygen atoms in total. The van der Waals surface area contributed by atoms with Gasteiger partial charge in [-0.3, -0.25) is 0 Å². The second-order valence-electron chi connectivity index (χ2n) is 3.61. The predicted molar refractivity (Wildman–Crippen MR) is 68.0 cm³/mol. The molecule has 0 bridgehead atoms. The molecule has 2 aromatic rings. The first kappa shape index (κ1) is 10.7. The summed E-state index contributed by atoms with van der Waals surface area (Å²) in [7, 11) is 0. The van der Waals surface area contributed by atoms with E-state index in [-0.39, 0.29) is 0 Å². The summed E-state index contributed by atoms with van der Waals surface area (Å²) in [6.45, 7) is 1.72. The van der Waals surface area contributed by atoms with Gasteiger partial charge in [0.25, 0.3) is 0 Å². The minimum atomic E-state index is 0.522. The number of benzene rings is 2. The first-order valence-corrected chi connectivity index (χ1v) is 5.36. The molecule has 0 saturated carbocycles. The summed E-state index contributed by atoms with van der Waals surface area (Å²) < 4.78 is 0. The van der Waals surface area contributed by atoms with Gasteiger partial charge in [-0.15, -0.1) is 0 Å². The van der Waals surface area contributed by atoms with Crippen molar-refractivity contribution in [2.75, 3.05) is 0 Å². The van der Waals surface area contributed by atoms with Gasteiger partial charge in [0.2, 0.25) is 0 Å². The molecule has 0 N–H and O–H groups in total. The van der Waals surface area contributed by atoms with Crippen LogP contribution in [0.15, 0.2) is 48.0 Å². The monoisotopic (exact) mass is 227 g/mol. The van der Waals surface area contributed by atoms with Crippen LogP contribution in [0.5, 0.6) is 0 Å². The van der Waals surface area contributed by atoms with E-state index in [9.17, 15) is 0 Å². The molecule has 2 heteroatoms. The Morgan fingerprint density at radius 1 is 1.12 bits per heavy atom. The summed E-state index contributed by atoms with van der Waals surface area (Å²) in [5.74, 6) is 0. The van der Waals surface area contributed by atoms with Gasteiger partial charge < -0.3 is 0 Å². The molecule has 16 heavy (non-hydrogen) atoms. The molecule has 0 atom stereocenters. The van der Waals surface area contributed by atoms with E-state index in [1.807, 2.05) is 42.5 Å². The molecule has 0 aromatic heterocycles. The van der Waals surface area contributed by atoms with Crippen LogP contribution in [-0.4, -0.2) is 0 Å². The zero-order valence-electron chi connectivity index (χ0n) is 8.87. The van der Waals surface area contributed by atoms with Crippen molar-refractivity contribution >= 4 is 27.4 Å². The lowest BCUT2D eigenvalue weighted by Gasteiger charge is -2.03. The van der Waals surface area contributed by atoms with E-state index in [0.29, 0.717) is 10.6 Å². The molecular weight excluding hydrogens is 218 g/mol. The molecular formula is C14H10ClN. The molecule has 0 aliphatic carbocycles. The molecule has 0 unspecified atom stereocenters. The molecule has 2 aromatic carbocycles. The maximum atomic E-state index is 8.79. The van der Waals surface area contributed by atoms with Crippen LogP contribution in [0.25, 0.3) is 15.8 Å². The average molecular weight is 228 g/mol. The van der Waals surface area contributed by atoms with Gasteiger partial charge in [-0.25, -0.2) is 0 Å². The van der Waals surface area contributed by atoms with E-state index >= 15 is 0 Å². The van der Waals surface area contributed by atoms with Gasteiger partial charge in [0.05, 0.1) is 11.1 Å². The van der Waals surface area contributed by atoms with Crippen molar-refractivity contribution in [1.29, 1.82) is 5.26 Å². The Kier molecular flexibility index (Phi) is 2.94. The Morgan fingerprint density at radius 3 is 2.50 bits per heavy atom. The summed E-state index contributed by atoms with van der Waals surface area (Å²) in [5, 5.41) is 11.6. The van der Waals surface area contributed by atoms with Gasteiger partial charge in [-0.2, -0.15) is 5.26 Å². The fourth-order valence-electron chi connectivity index (χ4n) is 1.59. The molecule has 78 valence electrons. The minimum absolute atomic E-state index is 0.522. The van der Waals surface area contributed by atoms with Crippen molar-refractivity contribution in [3.8, 4) is 6.07 Å². The van der Waals surface area contributed by atoms with Crippen LogP contribution in [0.2, 0.25) is 0 Å². The quantitative estimate of drug-likeness (QED) is 0.665. The number of hydrogen-bond acceptors (Lipinski definition) is 1. The van der Waals surface area contributed by atoms with E-state index in [1.165, 1.54) is 5.39 Å². The second kappa shape index (κ2) is 4.38. The van der Waals surface area contributed by atoms with Crippen molar-refractivity contribution in [2.24, 2.45) is 0 Å². The Hall–Kier alpha value is -1.78. The van der Waals surface area contributed by atoms with Crippen LogP contribution in [0.4, 0.5) is 0 Å². The SMILES string of the molecule is CC(C#N)=C(Cl)c1ccc2ccccc2c1. The Morgan fingerprint density at radius 2 is 1.81 bits per heavy atom. The summed E-state index contributed by atoms with van der Waals surface area (Å²) >= 11 is 6.11. The lowest BCUT2D eigenvalue weighted by atomic mass is 10.1. The molecule has 0 spiro atoms. The normalized spacial score (nSPS) is 12.1. The Balaban J connectivity index is 2.61. The summed E-state index contributed by atoms with van der Waals surface area (Å²) in [4.78, 5) is 0. The first-order valence-electron chi connectivity index (χ1n) is 4.98. The van der Waals surface area contributed by atoms with Crippen LogP contribution in [0.3, 0.4) is 0 Å². The summed E-state index contributed by atoms with van der Waals surface area (Å²) in [5.41, 5.74) is 1.43. The number of nitrogens with zero attached hydrogens (tertiary/aromatic N) is 1. The smallest absolute Gasteiger partial charge is 0.0959 e. The number of halogens is 1. The third-order valence-corrected chi connectivity index (χ3v) is 3.00. The molecule has 0 aliphatic heterocycles. The van der Waals surface area contributed by atoms with E-state index < -0.39 is 0 Å². The largest absolute Gasteiger partial charge is 0.193 e. The highest BCUT2D eigenvalue weighted by molar-refractivity contribution is 6.49. The van der Waals surface area contributed by atoms with Gasteiger partial charge in [-0.1, -0.05) is 48.0 Å². The van der Waals surface area contributed by atoms with E-state index in [1.54, 1.807) is 6.92 Å². The number of nitriles is 1. The lowest BCUT2D eigenvalue weighted by Crippen LogP contribution is -1.81. The van der Waals surface area contributed by atoms with Crippen LogP contribution in [0.1, 0.15) is 12.5 Å². The van der Waals surface area contributed by atoms with Crippen molar-refractivity contribution in [1.82, 2.24) is 0 Å². The number of fused-ring (bicyclic) bond motifs is 1. The molecule has 0 saturated heterocycles. The molecule has 2 rings (SSSR count). The van der Waals surface area contributed by atoms with E-state index in [0.717, 1.165) is 10.9 Å². The zero-order chi connectivity index (χ0) is 11.5. The van der Waals surface area contributed by atoms with Crippen molar-refractivity contribution in [3.05, 3.63) is 53.6 Å². The van der Waals surface area contributed by atoms with Crippen LogP contribution in [-0.2, 0) is 0 Å². The lowest BCUT2D eigenvalue weighted by molar-refractivity contribution is 1.45. The van der Waals surface area contributed by atoms with Gasteiger partial charge in [0.1, 0.15) is 0 Å². The third-order valence-electron chi connectivity index (χ3n) is 2.50. The summed E-state index contributed by atoms with van der Waals surface area (Å²) in [6, 6.07) is 16.1. The highest BCUT2D eigenvalue weighted by Gasteiger charge is 2.03. The molecule has 0 amide bonds. The number of rotatable bonds is 1. The number of allylic oxidation sites excluding steroid dienone is 1. The van der Waals surface area contributed by atoms with Crippen LogP contribution >= 0.6 is 11.6 Å². The minimum Gasteiger partial charge on any atom is -0.193 e.